The van der Waals surface area contributed by atoms with Crippen molar-refractivity contribution in [1.29, 1.82) is 0 Å². The highest BCUT2D eigenvalue weighted by molar-refractivity contribution is 5.93. The normalized spacial score (nSPS) is 21.0. The minimum absolute atomic E-state index is 0.0318. The zero-order chi connectivity index (χ0) is 15.9. The van der Waals surface area contributed by atoms with Crippen molar-refractivity contribution < 1.29 is 14.3 Å². The SMILES string of the molecule is O=C(CNCC1CC1)Nc1ccccc1OCC1CCCCO1. The van der Waals surface area contributed by atoms with Crippen molar-refractivity contribution in [1.82, 2.24) is 5.32 Å². The van der Waals surface area contributed by atoms with Gasteiger partial charge < -0.3 is 20.1 Å². The van der Waals surface area contributed by atoms with E-state index in [9.17, 15) is 4.79 Å². The second-order valence-electron chi connectivity index (χ2n) is 6.42. The first kappa shape index (κ1) is 16.3. The van der Waals surface area contributed by atoms with Gasteiger partial charge in [0.05, 0.1) is 18.3 Å². The highest BCUT2D eigenvalue weighted by Gasteiger charge is 2.20. The fourth-order valence-corrected chi connectivity index (χ4v) is 2.72. The zero-order valence-corrected chi connectivity index (χ0v) is 13.6. The van der Waals surface area contributed by atoms with E-state index < -0.39 is 0 Å². The summed E-state index contributed by atoms with van der Waals surface area (Å²) in [6.07, 6.45) is 6.10. The summed E-state index contributed by atoms with van der Waals surface area (Å²) in [6, 6.07) is 7.57. The summed E-state index contributed by atoms with van der Waals surface area (Å²) in [4.78, 5) is 12.0. The van der Waals surface area contributed by atoms with Crippen molar-refractivity contribution in [2.24, 2.45) is 5.92 Å². The predicted molar refractivity (Wildman–Crippen MR) is 89.8 cm³/mol. The quantitative estimate of drug-likeness (QED) is 0.773. The molecule has 2 N–H and O–H groups in total. The largest absolute Gasteiger partial charge is 0.489 e. The van der Waals surface area contributed by atoms with Crippen LogP contribution in [0.2, 0.25) is 0 Å². The molecule has 1 saturated heterocycles. The van der Waals surface area contributed by atoms with Gasteiger partial charge in [-0.25, -0.2) is 0 Å². The van der Waals surface area contributed by atoms with E-state index in [2.05, 4.69) is 10.6 Å². The van der Waals surface area contributed by atoms with Gasteiger partial charge in [0.1, 0.15) is 12.4 Å². The Morgan fingerprint density at radius 3 is 2.87 bits per heavy atom. The highest BCUT2D eigenvalue weighted by Crippen LogP contribution is 2.27. The number of rotatable bonds is 8. The van der Waals surface area contributed by atoms with Crippen LogP contribution in [0, 0.1) is 5.92 Å². The third kappa shape index (κ3) is 5.52. The topological polar surface area (TPSA) is 59.6 Å². The van der Waals surface area contributed by atoms with Gasteiger partial charge in [-0.15, -0.1) is 0 Å². The molecule has 1 aromatic carbocycles. The van der Waals surface area contributed by atoms with Crippen LogP contribution in [0.15, 0.2) is 24.3 Å². The van der Waals surface area contributed by atoms with E-state index >= 15 is 0 Å². The van der Waals surface area contributed by atoms with Gasteiger partial charge in [-0.05, 0) is 56.7 Å². The summed E-state index contributed by atoms with van der Waals surface area (Å²) < 4.78 is 11.5. The average molecular weight is 318 g/mol. The highest BCUT2D eigenvalue weighted by atomic mass is 16.5. The van der Waals surface area contributed by atoms with Crippen LogP contribution < -0.4 is 15.4 Å². The first-order chi connectivity index (χ1) is 11.3. The van der Waals surface area contributed by atoms with Crippen LogP contribution in [0.1, 0.15) is 32.1 Å². The molecule has 1 amide bonds. The van der Waals surface area contributed by atoms with Crippen LogP contribution >= 0.6 is 0 Å². The van der Waals surface area contributed by atoms with Crippen LogP contribution in [0.4, 0.5) is 5.69 Å². The van der Waals surface area contributed by atoms with Crippen molar-refractivity contribution in [3.63, 3.8) is 0 Å². The Bertz CT molecular complexity index is 511. The van der Waals surface area contributed by atoms with E-state index in [0.29, 0.717) is 18.9 Å². The van der Waals surface area contributed by atoms with E-state index in [1.165, 1.54) is 19.3 Å². The number of amides is 1. The van der Waals surface area contributed by atoms with Gasteiger partial charge in [0, 0.05) is 6.61 Å². The van der Waals surface area contributed by atoms with E-state index in [-0.39, 0.29) is 12.0 Å². The number of ether oxygens (including phenoxy) is 2. The number of nitrogens with one attached hydrogen (secondary N) is 2. The Morgan fingerprint density at radius 2 is 2.09 bits per heavy atom. The Kier molecular flexibility index (Phi) is 5.88. The second-order valence-corrected chi connectivity index (χ2v) is 6.42. The van der Waals surface area contributed by atoms with Gasteiger partial charge in [0.2, 0.25) is 5.91 Å². The molecule has 1 saturated carbocycles. The summed E-state index contributed by atoms with van der Waals surface area (Å²) in [5, 5.41) is 6.12. The molecule has 23 heavy (non-hydrogen) atoms. The van der Waals surface area contributed by atoms with Crippen LogP contribution in [0.25, 0.3) is 0 Å². The predicted octanol–water partition coefficient (Wildman–Crippen LogP) is 2.57. The Hall–Kier alpha value is -1.59. The molecular weight excluding hydrogens is 292 g/mol. The van der Waals surface area contributed by atoms with Gasteiger partial charge >= 0.3 is 0 Å². The molecule has 1 aromatic rings. The Balaban J connectivity index is 1.46. The number of benzene rings is 1. The standard InChI is InChI=1S/C18H26N2O3/c21-18(12-19-11-14-8-9-14)20-16-6-1-2-7-17(16)23-13-15-5-3-4-10-22-15/h1-2,6-7,14-15,19H,3-5,8-13H2,(H,20,21). The zero-order valence-electron chi connectivity index (χ0n) is 13.6. The number of carbonyl (C=O) groups is 1. The molecule has 1 atom stereocenters. The molecule has 126 valence electrons. The molecule has 1 unspecified atom stereocenters. The van der Waals surface area contributed by atoms with Gasteiger partial charge in [-0.1, -0.05) is 12.1 Å². The number of hydrogen-bond acceptors (Lipinski definition) is 4. The minimum Gasteiger partial charge on any atom is -0.489 e. The lowest BCUT2D eigenvalue weighted by molar-refractivity contribution is -0.115. The molecule has 1 heterocycles. The van der Waals surface area contributed by atoms with Crippen molar-refractivity contribution >= 4 is 11.6 Å². The fraction of sp³-hybridized carbons (Fsp3) is 0.611. The number of anilines is 1. The summed E-state index contributed by atoms with van der Waals surface area (Å²) in [5.74, 6) is 1.45. The Labute approximate surface area is 137 Å². The lowest BCUT2D eigenvalue weighted by atomic mass is 10.1. The molecule has 2 fully saturated rings. The number of para-hydroxylation sites is 2. The van der Waals surface area contributed by atoms with Crippen LogP contribution in [0.5, 0.6) is 5.75 Å². The molecule has 1 aliphatic heterocycles. The van der Waals surface area contributed by atoms with Crippen molar-refractivity contribution in [3.05, 3.63) is 24.3 Å². The van der Waals surface area contributed by atoms with Crippen LogP contribution in [0.3, 0.4) is 0 Å². The lowest BCUT2D eigenvalue weighted by Crippen LogP contribution is -2.30. The number of carbonyl (C=O) groups excluding carboxylic acids is 1. The second kappa shape index (κ2) is 8.31. The van der Waals surface area contributed by atoms with E-state index in [0.717, 1.165) is 37.6 Å². The van der Waals surface area contributed by atoms with Crippen molar-refractivity contribution in [3.8, 4) is 5.75 Å². The van der Waals surface area contributed by atoms with Gasteiger partial charge in [-0.2, -0.15) is 0 Å². The molecule has 0 spiro atoms. The monoisotopic (exact) mass is 318 g/mol. The maximum atomic E-state index is 12.0. The van der Waals surface area contributed by atoms with Crippen molar-refractivity contribution in [2.75, 3.05) is 31.6 Å². The van der Waals surface area contributed by atoms with Gasteiger partial charge in [0.25, 0.3) is 0 Å². The third-order valence-electron chi connectivity index (χ3n) is 4.28. The third-order valence-corrected chi connectivity index (χ3v) is 4.28. The van der Waals surface area contributed by atoms with Crippen LogP contribution in [-0.2, 0) is 9.53 Å². The fourth-order valence-electron chi connectivity index (χ4n) is 2.72. The lowest BCUT2D eigenvalue weighted by Gasteiger charge is -2.23. The summed E-state index contributed by atoms with van der Waals surface area (Å²) in [7, 11) is 0. The minimum atomic E-state index is -0.0318. The first-order valence-electron chi connectivity index (χ1n) is 8.65. The van der Waals surface area contributed by atoms with Crippen LogP contribution in [-0.4, -0.2) is 38.3 Å². The average Bonchev–Trinajstić information content (AvgIpc) is 3.39. The maximum Gasteiger partial charge on any atom is 0.238 e. The first-order valence-corrected chi connectivity index (χ1v) is 8.65. The van der Waals surface area contributed by atoms with Gasteiger partial charge in [0.15, 0.2) is 0 Å². The summed E-state index contributed by atoms with van der Waals surface area (Å²) in [6.45, 7) is 2.63. The molecular formula is C18H26N2O3. The summed E-state index contributed by atoms with van der Waals surface area (Å²) >= 11 is 0. The Morgan fingerprint density at radius 1 is 1.22 bits per heavy atom. The van der Waals surface area contributed by atoms with Gasteiger partial charge in [-0.3, -0.25) is 4.79 Å². The van der Waals surface area contributed by atoms with Crippen molar-refractivity contribution in [2.45, 2.75) is 38.2 Å². The molecule has 5 nitrogen and oxygen atoms in total. The molecule has 1 aliphatic carbocycles. The van der Waals surface area contributed by atoms with E-state index in [4.69, 9.17) is 9.47 Å². The molecule has 0 radical (unpaired) electrons. The molecule has 0 aromatic heterocycles. The number of hydrogen-bond donors (Lipinski definition) is 2. The molecule has 0 bridgehead atoms. The smallest absolute Gasteiger partial charge is 0.238 e. The van der Waals surface area contributed by atoms with E-state index in [1.807, 2.05) is 24.3 Å². The molecule has 2 aliphatic rings. The molecule has 3 rings (SSSR count). The molecule has 5 heteroatoms. The maximum absolute atomic E-state index is 12.0. The van der Waals surface area contributed by atoms with E-state index in [1.54, 1.807) is 0 Å². The summed E-state index contributed by atoms with van der Waals surface area (Å²) in [5.41, 5.74) is 0.724.